The van der Waals surface area contributed by atoms with Crippen LogP contribution in [0.2, 0.25) is 0 Å². The first kappa shape index (κ1) is 12.6. The number of aliphatic hydroxyl groups excluding tert-OH is 2. The van der Waals surface area contributed by atoms with Crippen LogP contribution in [-0.2, 0) is 11.3 Å². The van der Waals surface area contributed by atoms with Crippen molar-refractivity contribution in [2.75, 3.05) is 13.2 Å². The van der Waals surface area contributed by atoms with Crippen molar-refractivity contribution in [3.05, 3.63) is 30.1 Å². The molecule has 0 bridgehead atoms. The zero-order valence-corrected chi connectivity index (χ0v) is 10.7. The van der Waals surface area contributed by atoms with Gasteiger partial charge in [-0.15, -0.1) is 0 Å². The number of nitrogens with zero attached hydrogens (tertiary/aromatic N) is 2. The largest absolute Gasteiger partial charge is 0.394 e. The van der Waals surface area contributed by atoms with Crippen LogP contribution >= 0.6 is 0 Å². The second kappa shape index (κ2) is 5.28. The Labute approximate surface area is 111 Å². The monoisotopic (exact) mass is 262 g/mol. The average Bonchev–Trinajstić information content (AvgIpc) is 3.06. The van der Waals surface area contributed by atoms with Crippen LogP contribution in [0.4, 0.5) is 0 Å². The van der Waals surface area contributed by atoms with E-state index in [2.05, 4.69) is 4.98 Å². The van der Waals surface area contributed by atoms with Crippen LogP contribution in [-0.4, -0.2) is 39.1 Å². The normalized spacial score (nSPS) is 21.1. The average molecular weight is 262 g/mol. The van der Waals surface area contributed by atoms with Crippen LogP contribution in [0.3, 0.4) is 0 Å². The molecule has 1 aromatic heterocycles. The summed E-state index contributed by atoms with van der Waals surface area (Å²) in [5.74, 6) is 0.853. The van der Waals surface area contributed by atoms with Gasteiger partial charge in [-0.25, -0.2) is 4.98 Å². The first-order valence-electron chi connectivity index (χ1n) is 6.65. The number of aromatic nitrogens is 2. The highest BCUT2D eigenvalue weighted by molar-refractivity contribution is 5.76. The number of hydrogen-bond donors (Lipinski definition) is 2. The SMILES string of the molecule is OCC(O)Cn1c(C2CCCO2)nc2ccccc21. The van der Waals surface area contributed by atoms with Gasteiger partial charge in [0.05, 0.1) is 30.3 Å². The molecule has 19 heavy (non-hydrogen) atoms. The lowest BCUT2D eigenvalue weighted by Crippen LogP contribution is -2.22. The van der Waals surface area contributed by atoms with E-state index in [0.717, 1.165) is 36.3 Å². The van der Waals surface area contributed by atoms with Crippen LogP contribution in [0.25, 0.3) is 11.0 Å². The molecule has 3 rings (SSSR count). The minimum atomic E-state index is -0.780. The van der Waals surface area contributed by atoms with Gasteiger partial charge in [0.15, 0.2) is 0 Å². The molecule has 1 aliphatic heterocycles. The summed E-state index contributed by atoms with van der Waals surface area (Å²) in [5.41, 5.74) is 1.87. The van der Waals surface area contributed by atoms with E-state index < -0.39 is 6.10 Å². The van der Waals surface area contributed by atoms with Crippen molar-refractivity contribution >= 4 is 11.0 Å². The lowest BCUT2D eigenvalue weighted by Gasteiger charge is -2.15. The van der Waals surface area contributed by atoms with Gasteiger partial charge < -0.3 is 19.5 Å². The second-order valence-electron chi connectivity index (χ2n) is 4.91. The van der Waals surface area contributed by atoms with E-state index in [1.165, 1.54) is 0 Å². The fourth-order valence-electron chi connectivity index (χ4n) is 2.58. The number of benzene rings is 1. The van der Waals surface area contributed by atoms with Gasteiger partial charge in [0.1, 0.15) is 11.9 Å². The summed E-state index contributed by atoms with van der Waals surface area (Å²) in [5, 5.41) is 18.8. The van der Waals surface area contributed by atoms with E-state index in [1.54, 1.807) is 0 Å². The Balaban J connectivity index is 2.05. The Kier molecular flexibility index (Phi) is 3.50. The van der Waals surface area contributed by atoms with Crippen molar-refractivity contribution in [2.24, 2.45) is 0 Å². The highest BCUT2D eigenvalue weighted by Gasteiger charge is 2.25. The molecule has 1 fully saturated rings. The van der Waals surface area contributed by atoms with Crippen molar-refractivity contribution < 1.29 is 14.9 Å². The summed E-state index contributed by atoms with van der Waals surface area (Å²) in [6, 6.07) is 7.83. The molecule has 0 aliphatic carbocycles. The summed E-state index contributed by atoms with van der Waals surface area (Å²) >= 11 is 0. The lowest BCUT2D eigenvalue weighted by atomic mass is 10.2. The van der Waals surface area contributed by atoms with Gasteiger partial charge in [-0.3, -0.25) is 0 Å². The highest BCUT2D eigenvalue weighted by Crippen LogP contribution is 2.30. The van der Waals surface area contributed by atoms with E-state index in [-0.39, 0.29) is 12.7 Å². The maximum absolute atomic E-state index is 9.72. The highest BCUT2D eigenvalue weighted by atomic mass is 16.5. The number of ether oxygens (including phenoxy) is 1. The van der Waals surface area contributed by atoms with Crippen molar-refractivity contribution in [1.29, 1.82) is 0 Å². The zero-order chi connectivity index (χ0) is 13.2. The second-order valence-corrected chi connectivity index (χ2v) is 4.91. The van der Waals surface area contributed by atoms with Gasteiger partial charge in [-0.2, -0.15) is 0 Å². The zero-order valence-electron chi connectivity index (χ0n) is 10.7. The van der Waals surface area contributed by atoms with E-state index in [4.69, 9.17) is 9.84 Å². The molecule has 1 saturated heterocycles. The molecule has 2 aromatic rings. The third-order valence-corrected chi connectivity index (χ3v) is 3.51. The maximum atomic E-state index is 9.72. The maximum Gasteiger partial charge on any atom is 0.139 e. The molecule has 5 nitrogen and oxygen atoms in total. The van der Waals surface area contributed by atoms with E-state index in [0.29, 0.717) is 6.54 Å². The molecule has 0 radical (unpaired) electrons. The third-order valence-electron chi connectivity index (χ3n) is 3.51. The first-order valence-corrected chi connectivity index (χ1v) is 6.65. The summed E-state index contributed by atoms with van der Waals surface area (Å²) < 4.78 is 7.66. The Morgan fingerprint density at radius 1 is 1.42 bits per heavy atom. The smallest absolute Gasteiger partial charge is 0.139 e. The molecule has 0 spiro atoms. The van der Waals surface area contributed by atoms with Gasteiger partial charge in [0.25, 0.3) is 0 Å². The lowest BCUT2D eigenvalue weighted by molar-refractivity contribution is 0.0729. The van der Waals surface area contributed by atoms with Crippen LogP contribution < -0.4 is 0 Å². The van der Waals surface area contributed by atoms with Gasteiger partial charge in [0.2, 0.25) is 0 Å². The molecule has 102 valence electrons. The predicted octanol–water partition coefficient (Wildman–Crippen LogP) is 1.24. The molecule has 1 aliphatic rings. The van der Waals surface area contributed by atoms with Gasteiger partial charge in [-0.1, -0.05) is 12.1 Å². The first-order chi connectivity index (χ1) is 9.29. The summed E-state index contributed by atoms with van der Waals surface area (Å²) in [7, 11) is 0. The number of aliphatic hydroxyl groups is 2. The van der Waals surface area contributed by atoms with Crippen molar-refractivity contribution in [2.45, 2.75) is 31.6 Å². The van der Waals surface area contributed by atoms with E-state index >= 15 is 0 Å². The number of rotatable bonds is 4. The molecule has 2 atom stereocenters. The van der Waals surface area contributed by atoms with Gasteiger partial charge >= 0.3 is 0 Å². The van der Waals surface area contributed by atoms with Crippen LogP contribution in [0.1, 0.15) is 24.8 Å². The number of hydrogen-bond acceptors (Lipinski definition) is 4. The fraction of sp³-hybridized carbons (Fsp3) is 0.500. The molecule has 2 heterocycles. The molecular weight excluding hydrogens is 244 g/mol. The molecule has 0 saturated carbocycles. The predicted molar refractivity (Wildman–Crippen MR) is 70.8 cm³/mol. The Bertz CT molecular complexity index is 561. The standard InChI is InChI=1S/C14H18N2O3/c17-9-10(18)8-16-12-5-2-1-4-11(12)15-14(16)13-6-3-7-19-13/h1-2,4-5,10,13,17-18H,3,6-9H2. The van der Waals surface area contributed by atoms with Gasteiger partial charge in [-0.05, 0) is 25.0 Å². The molecule has 2 unspecified atom stereocenters. The van der Waals surface area contributed by atoms with Crippen LogP contribution in [0.5, 0.6) is 0 Å². The summed E-state index contributed by atoms with van der Waals surface area (Å²) in [4.78, 5) is 4.63. The Hall–Kier alpha value is -1.43. The molecule has 5 heteroatoms. The fourth-order valence-corrected chi connectivity index (χ4v) is 2.58. The summed E-state index contributed by atoms with van der Waals surface area (Å²) in [6.07, 6.45) is 1.21. The molecule has 1 aromatic carbocycles. The van der Waals surface area contributed by atoms with Crippen molar-refractivity contribution in [3.63, 3.8) is 0 Å². The van der Waals surface area contributed by atoms with Crippen LogP contribution in [0, 0.1) is 0 Å². The number of imidazole rings is 1. The Morgan fingerprint density at radius 3 is 3.00 bits per heavy atom. The van der Waals surface area contributed by atoms with Gasteiger partial charge in [0, 0.05) is 6.61 Å². The molecule has 2 N–H and O–H groups in total. The van der Waals surface area contributed by atoms with Crippen molar-refractivity contribution in [1.82, 2.24) is 9.55 Å². The summed E-state index contributed by atoms with van der Waals surface area (Å²) in [6.45, 7) is 0.847. The van der Waals surface area contributed by atoms with Crippen LogP contribution in [0.15, 0.2) is 24.3 Å². The number of fused-ring (bicyclic) bond motifs is 1. The van der Waals surface area contributed by atoms with Crippen molar-refractivity contribution in [3.8, 4) is 0 Å². The quantitative estimate of drug-likeness (QED) is 0.870. The topological polar surface area (TPSA) is 67.5 Å². The molecular formula is C14H18N2O3. The minimum Gasteiger partial charge on any atom is -0.394 e. The minimum absolute atomic E-state index is 0.00158. The Morgan fingerprint density at radius 2 is 2.26 bits per heavy atom. The molecule has 0 amide bonds. The number of para-hydroxylation sites is 2. The third kappa shape index (κ3) is 2.36. The van der Waals surface area contributed by atoms with E-state index in [1.807, 2.05) is 28.8 Å². The van der Waals surface area contributed by atoms with E-state index in [9.17, 15) is 5.11 Å².